The number of piperidine rings is 1. The number of fused-ring (bicyclic) bond motifs is 4. The van der Waals surface area contributed by atoms with E-state index < -0.39 is 6.04 Å². The molecule has 0 spiro atoms. The highest BCUT2D eigenvalue weighted by Crippen LogP contribution is 2.35. The molecule has 8 heteroatoms. The SMILES string of the molecule is CCC(C)[C@H](NC(=O)N1C[C@H]2C[C@@H](C1)c1cccc(=O)n1C2)C(=O)Nc1cccc(Cl)c1. The molecule has 4 atom stereocenters. The molecule has 2 bridgehead atoms. The quantitative estimate of drug-likeness (QED) is 0.719. The number of urea groups is 1. The third kappa shape index (κ3) is 4.67. The van der Waals surface area contributed by atoms with Gasteiger partial charge in [-0.3, -0.25) is 9.59 Å². The zero-order valence-corrected chi connectivity index (χ0v) is 19.1. The molecule has 0 aliphatic carbocycles. The Hall–Kier alpha value is -2.80. The smallest absolute Gasteiger partial charge is 0.318 e. The van der Waals surface area contributed by atoms with Crippen molar-refractivity contribution in [1.29, 1.82) is 0 Å². The zero-order valence-electron chi connectivity index (χ0n) is 18.4. The molecule has 0 saturated carbocycles. The third-order valence-electron chi connectivity index (χ3n) is 6.63. The minimum Gasteiger partial charge on any atom is -0.326 e. The van der Waals surface area contributed by atoms with E-state index in [2.05, 4.69) is 10.6 Å². The van der Waals surface area contributed by atoms with Gasteiger partial charge in [-0.15, -0.1) is 0 Å². The molecule has 2 aromatic rings. The first-order chi connectivity index (χ1) is 15.4. The lowest BCUT2D eigenvalue weighted by Crippen LogP contribution is -2.56. The molecule has 1 aromatic carbocycles. The Morgan fingerprint density at radius 1 is 1.16 bits per heavy atom. The molecular weight excluding hydrogens is 428 g/mol. The van der Waals surface area contributed by atoms with Crippen LogP contribution >= 0.6 is 11.6 Å². The number of anilines is 1. The highest BCUT2D eigenvalue weighted by atomic mass is 35.5. The molecule has 3 amide bonds. The Morgan fingerprint density at radius 3 is 2.69 bits per heavy atom. The predicted octanol–water partition coefficient (Wildman–Crippen LogP) is 3.68. The van der Waals surface area contributed by atoms with Crippen molar-refractivity contribution in [2.24, 2.45) is 11.8 Å². The summed E-state index contributed by atoms with van der Waals surface area (Å²) >= 11 is 6.03. The maximum Gasteiger partial charge on any atom is 0.318 e. The van der Waals surface area contributed by atoms with Crippen LogP contribution in [0.25, 0.3) is 0 Å². The largest absolute Gasteiger partial charge is 0.326 e. The van der Waals surface area contributed by atoms with Gasteiger partial charge in [0.1, 0.15) is 6.04 Å². The summed E-state index contributed by atoms with van der Waals surface area (Å²) in [5.41, 5.74) is 1.60. The van der Waals surface area contributed by atoms with Crippen LogP contribution in [0.2, 0.25) is 5.02 Å². The van der Waals surface area contributed by atoms with Crippen LogP contribution in [0.5, 0.6) is 0 Å². The van der Waals surface area contributed by atoms with Gasteiger partial charge in [-0.05, 0) is 42.5 Å². The minimum atomic E-state index is -0.664. The number of hydrogen-bond acceptors (Lipinski definition) is 3. The number of carbonyl (C=O) groups excluding carboxylic acids is 2. The topological polar surface area (TPSA) is 83.4 Å². The van der Waals surface area contributed by atoms with Crippen LogP contribution in [-0.2, 0) is 11.3 Å². The lowest BCUT2D eigenvalue weighted by molar-refractivity contribution is -0.119. The Morgan fingerprint density at radius 2 is 1.94 bits per heavy atom. The molecular formula is C24H29ClN4O3. The number of likely N-dealkylation sites (tertiary alicyclic amines) is 1. The molecule has 1 aromatic heterocycles. The number of rotatable bonds is 5. The van der Waals surface area contributed by atoms with E-state index in [1.54, 1.807) is 41.3 Å². The van der Waals surface area contributed by atoms with Crippen molar-refractivity contribution in [3.63, 3.8) is 0 Å². The summed E-state index contributed by atoms with van der Waals surface area (Å²) in [7, 11) is 0. The van der Waals surface area contributed by atoms with Crippen molar-refractivity contribution in [3.05, 3.63) is 63.5 Å². The fourth-order valence-electron chi connectivity index (χ4n) is 4.77. The van der Waals surface area contributed by atoms with Crippen LogP contribution in [0.15, 0.2) is 47.3 Å². The maximum absolute atomic E-state index is 13.2. The van der Waals surface area contributed by atoms with Crippen molar-refractivity contribution < 1.29 is 9.59 Å². The average molecular weight is 457 g/mol. The second kappa shape index (κ2) is 9.36. The van der Waals surface area contributed by atoms with Crippen LogP contribution < -0.4 is 16.2 Å². The van der Waals surface area contributed by atoms with Crippen LogP contribution in [0, 0.1) is 11.8 Å². The van der Waals surface area contributed by atoms with Gasteiger partial charge in [0.15, 0.2) is 0 Å². The lowest BCUT2D eigenvalue weighted by atomic mass is 9.83. The fraction of sp³-hybridized carbons (Fsp3) is 0.458. The van der Waals surface area contributed by atoms with Crippen molar-refractivity contribution in [1.82, 2.24) is 14.8 Å². The van der Waals surface area contributed by atoms with Crippen LogP contribution in [-0.4, -0.2) is 40.5 Å². The molecule has 7 nitrogen and oxygen atoms in total. The van der Waals surface area contributed by atoms with E-state index in [1.165, 1.54) is 0 Å². The normalized spacial score (nSPS) is 21.3. The van der Waals surface area contributed by atoms with Crippen molar-refractivity contribution >= 4 is 29.2 Å². The van der Waals surface area contributed by atoms with Gasteiger partial charge < -0.3 is 20.1 Å². The molecule has 1 saturated heterocycles. The van der Waals surface area contributed by atoms with Gasteiger partial charge >= 0.3 is 6.03 Å². The second-order valence-corrected chi connectivity index (χ2v) is 9.35. The van der Waals surface area contributed by atoms with E-state index in [4.69, 9.17) is 11.6 Å². The van der Waals surface area contributed by atoms with Gasteiger partial charge in [-0.1, -0.05) is 44.0 Å². The number of benzene rings is 1. The third-order valence-corrected chi connectivity index (χ3v) is 6.87. The summed E-state index contributed by atoms with van der Waals surface area (Å²) in [4.78, 5) is 40.2. The average Bonchev–Trinajstić information content (AvgIpc) is 2.77. The zero-order chi connectivity index (χ0) is 22.8. The molecule has 32 heavy (non-hydrogen) atoms. The molecule has 1 unspecified atom stereocenters. The van der Waals surface area contributed by atoms with Crippen molar-refractivity contribution in [2.45, 2.75) is 45.2 Å². The first-order valence-electron chi connectivity index (χ1n) is 11.2. The van der Waals surface area contributed by atoms with E-state index in [1.807, 2.05) is 24.5 Å². The van der Waals surface area contributed by atoms with Gasteiger partial charge in [-0.2, -0.15) is 0 Å². The number of nitrogens with zero attached hydrogens (tertiary/aromatic N) is 2. The molecule has 2 aliphatic rings. The number of amides is 3. The number of halogens is 1. The van der Waals surface area contributed by atoms with Gasteiger partial charge in [0.2, 0.25) is 5.91 Å². The Kier molecular flexibility index (Phi) is 6.55. The van der Waals surface area contributed by atoms with E-state index in [9.17, 15) is 14.4 Å². The van der Waals surface area contributed by atoms with Gasteiger partial charge in [0.25, 0.3) is 5.56 Å². The van der Waals surface area contributed by atoms with E-state index >= 15 is 0 Å². The molecule has 0 radical (unpaired) electrons. The standard InChI is InChI=1S/C24H29ClN4O3/c1-3-15(2)22(23(31)26-19-7-4-6-18(25)11-19)27-24(32)28-12-16-10-17(14-28)20-8-5-9-21(30)29(20)13-16/h4-9,11,15-17,22H,3,10,12-14H2,1-2H3,(H,26,31)(H,27,32)/t15?,16-,17+,22+/m1/s1. The summed E-state index contributed by atoms with van der Waals surface area (Å²) in [6.07, 6.45) is 1.72. The highest BCUT2D eigenvalue weighted by molar-refractivity contribution is 6.30. The Bertz CT molecular complexity index is 1070. The predicted molar refractivity (Wildman–Crippen MR) is 125 cm³/mol. The fourth-order valence-corrected chi connectivity index (χ4v) is 4.97. The van der Waals surface area contributed by atoms with E-state index in [0.29, 0.717) is 30.3 Å². The first kappa shape index (κ1) is 22.4. The van der Waals surface area contributed by atoms with Gasteiger partial charge in [-0.25, -0.2) is 4.79 Å². The highest BCUT2D eigenvalue weighted by Gasteiger charge is 2.37. The monoisotopic (exact) mass is 456 g/mol. The Labute approximate surface area is 192 Å². The molecule has 2 aliphatic heterocycles. The summed E-state index contributed by atoms with van der Waals surface area (Å²) in [5.74, 6) is 0.0599. The van der Waals surface area contributed by atoms with E-state index in [0.717, 1.165) is 18.5 Å². The summed E-state index contributed by atoms with van der Waals surface area (Å²) in [5, 5.41) is 6.37. The number of hydrogen-bond donors (Lipinski definition) is 2. The van der Waals surface area contributed by atoms with Crippen LogP contribution in [0.4, 0.5) is 10.5 Å². The molecule has 4 rings (SSSR count). The second-order valence-electron chi connectivity index (χ2n) is 8.92. The Balaban J connectivity index is 1.47. The van der Waals surface area contributed by atoms with Crippen LogP contribution in [0.1, 0.15) is 38.3 Å². The number of aromatic nitrogens is 1. The van der Waals surface area contributed by atoms with Crippen LogP contribution in [0.3, 0.4) is 0 Å². The lowest BCUT2D eigenvalue weighted by Gasteiger charge is -2.43. The first-order valence-corrected chi connectivity index (χ1v) is 11.5. The van der Waals surface area contributed by atoms with Gasteiger partial charge in [0.05, 0.1) is 0 Å². The summed E-state index contributed by atoms with van der Waals surface area (Å²) in [6.45, 7) is 5.69. The van der Waals surface area contributed by atoms with Crippen molar-refractivity contribution in [2.75, 3.05) is 18.4 Å². The summed E-state index contributed by atoms with van der Waals surface area (Å²) in [6, 6.07) is 11.4. The molecule has 3 heterocycles. The van der Waals surface area contributed by atoms with Gasteiger partial charge in [0, 0.05) is 48.0 Å². The van der Waals surface area contributed by atoms with E-state index in [-0.39, 0.29) is 35.3 Å². The number of carbonyl (C=O) groups is 2. The number of pyridine rings is 1. The maximum atomic E-state index is 13.2. The minimum absolute atomic E-state index is 0.0182. The number of nitrogens with one attached hydrogen (secondary N) is 2. The molecule has 170 valence electrons. The molecule has 1 fully saturated rings. The van der Waals surface area contributed by atoms with Crippen molar-refractivity contribution in [3.8, 4) is 0 Å². The molecule has 2 N–H and O–H groups in total. The summed E-state index contributed by atoms with van der Waals surface area (Å²) < 4.78 is 1.84.